The fraction of sp³-hybridized carbons (Fsp3) is 0.375. The highest BCUT2D eigenvalue weighted by atomic mass is 19.4. The van der Waals surface area contributed by atoms with Crippen molar-refractivity contribution in [3.8, 4) is 16.9 Å². The Morgan fingerprint density at radius 3 is 2.35 bits per heavy atom. The van der Waals surface area contributed by atoms with Crippen LogP contribution in [0.15, 0.2) is 53.5 Å². The molecule has 3 atom stereocenters. The van der Waals surface area contributed by atoms with Gasteiger partial charge in [0.25, 0.3) is 0 Å². The van der Waals surface area contributed by atoms with Crippen molar-refractivity contribution in [2.24, 2.45) is 16.6 Å². The molecular formula is C24H26F3N3O4. The zero-order valence-electron chi connectivity index (χ0n) is 19.0. The van der Waals surface area contributed by atoms with Gasteiger partial charge in [0.2, 0.25) is 5.91 Å². The van der Waals surface area contributed by atoms with Gasteiger partial charge in [0.15, 0.2) is 5.96 Å². The molecule has 1 fully saturated rings. The van der Waals surface area contributed by atoms with E-state index in [0.717, 1.165) is 17.7 Å². The van der Waals surface area contributed by atoms with Gasteiger partial charge in [-0.25, -0.2) is 9.79 Å². The minimum atomic E-state index is -5.08. The second-order valence-corrected chi connectivity index (χ2v) is 8.56. The largest absolute Gasteiger partial charge is 0.497 e. The molecule has 1 amide bonds. The molecule has 1 saturated carbocycles. The number of alkyl halides is 3. The molecule has 0 unspecified atom stereocenters. The van der Waals surface area contributed by atoms with Gasteiger partial charge in [-0.2, -0.15) is 13.2 Å². The summed E-state index contributed by atoms with van der Waals surface area (Å²) in [6.07, 6.45) is -3.63. The summed E-state index contributed by atoms with van der Waals surface area (Å²) >= 11 is 0. The topological polar surface area (TPSA) is 105 Å². The lowest BCUT2D eigenvalue weighted by molar-refractivity contribution is -0.192. The number of nitrogens with two attached hydrogens (primary N) is 1. The van der Waals surface area contributed by atoms with Crippen LogP contribution >= 0.6 is 0 Å². The van der Waals surface area contributed by atoms with Crippen molar-refractivity contribution in [1.29, 1.82) is 0 Å². The highest BCUT2D eigenvalue weighted by molar-refractivity contribution is 5.98. The number of hydrogen-bond donors (Lipinski definition) is 2. The number of rotatable bonds is 4. The molecule has 7 nitrogen and oxygen atoms in total. The fourth-order valence-electron chi connectivity index (χ4n) is 4.13. The summed E-state index contributed by atoms with van der Waals surface area (Å²) < 4.78 is 37.0. The van der Waals surface area contributed by atoms with E-state index < -0.39 is 17.7 Å². The number of carbonyl (C=O) groups is 2. The first-order valence-electron chi connectivity index (χ1n) is 10.5. The van der Waals surface area contributed by atoms with Gasteiger partial charge in [0.05, 0.1) is 19.1 Å². The number of amides is 1. The molecule has 1 heterocycles. The van der Waals surface area contributed by atoms with Gasteiger partial charge in [0, 0.05) is 7.05 Å². The molecule has 2 aromatic carbocycles. The fourth-order valence-corrected chi connectivity index (χ4v) is 4.13. The third-order valence-electron chi connectivity index (χ3n) is 6.17. The van der Waals surface area contributed by atoms with Crippen molar-refractivity contribution in [3.63, 3.8) is 0 Å². The Bertz CT molecular complexity index is 1100. The average molecular weight is 477 g/mol. The summed E-state index contributed by atoms with van der Waals surface area (Å²) in [7, 11) is 3.36. The lowest BCUT2D eigenvalue weighted by Gasteiger charge is -2.33. The highest BCUT2D eigenvalue weighted by Gasteiger charge is 2.53. The van der Waals surface area contributed by atoms with Gasteiger partial charge in [-0.1, -0.05) is 36.4 Å². The summed E-state index contributed by atoms with van der Waals surface area (Å²) in [6, 6.07) is 16.7. The number of aliphatic carboxylic acids is 1. The van der Waals surface area contributed by atoms with Crippen LogP contribution in [-0.2, 0) is 9.59 Å². The molecule has 34 heavy (non-hydrogen) atoms. The van der Waals surface area contributed by atoms with Crippen LogP contribution < -0.4 is 10.5 Å². The van der Waals surface area contributed by atoms with E-state index in [0.29, 0.717) is 24.2 Å². The molecule has 0 saturated heterocycles. The molecule has 0 aromatic heterocycles. The Morgan fingerprint density at radius 1 is 1.21 bits per heavy atom. The molecule has 2 aromatic rings. The molecule has 2 aliphatic rings. The Morgan fingerprint density at radius 2 is 1.82 bits per heavy atom. The van der Waals surface area contributed by atoms with Crippen LogP contribution in [0.3, 0.4) is 0 Å². The Hall–Kier alpha value is -3.56. The van der Waals surface area contributed by atoms with E-state index >= 15 is 0 Å². The SMILES string of the molecule is COc1ccc(-c2cccc([C@@H]3C[C@H]3[C@]3(C)CC(=O)N(C)C(N)=N3)c2)cc1.O=C(O)C(F)(F)F. The van der Waals surface area contributed by atoms with Crippen LogP contribution in [0.5, 0.6) is 5.75 Å². The first kappa shape index (κ1) is 25.1. The molecule has 0 bridgehead atoms. The summed E-state index contributed by atoms with van der Waals surface area (Å²) in [6.45, 7) is 2.06. The number of halogens is 3. The van der Waals surface area contributed by atoms with Crippen molar-refractivity contribution in [2.45, 2.75) is 37.4 Å². The number of methoxy groups -OCH3 is 1. The maximum absolute atomic E-state index is 12.2. The van der Waals surface area contributed by atoms with E-state index in [2.05, 4.69) is 48.3 Å². The third-order valence-corrected chi connectivity index (χ3v) is 6.17. The van der Waals surface area contributed by atoms with Crippen LogP contribution in [-0.4, -0.2) is 53.7 Å². The molecule has 4 rings (SSSR count). The molecular weight excluding hydrogens is 451 g/mol. The van der Waals surface area contributed by atoms with E-state index in [1.165, 1.54) is 16.0 Å². The number of guanidine groups is 1. The quantitative estimate of drug-likeness (QED) is 0.692. The van der Waals surface area contributed by atoms with Crippen LogP contribution in [0.1, 0.15) is 31.2 Å². The monoisotopic (exact) mass is 477 g/mol. The Balaban J connectivity index is 0.000000406. The Labute approximate surface area is 195 Å². The summed E-state index contributed by atoms with van der Waals surface area (Å²) in [4.78, 5) is 27.3. The highest BCUT2D eigenvalue weighted by Crippen LogP contribution is 2.56. The number of nitrogens with zero attached hydrogens (tertiary/aromatic N) is 2. The first-order valence-corrected chi connectivity index (χ1v) is 10.5. The zero-order valence-corrected chi connectivity index (χ0v) is 19.0. The van der Waals surface area contributed by atoms with Gasteiger partial charge < -0.3 is 15.6 Å². The number of carboxylic acids is 1. The second-order valence-electron chi connectivity index (χ2n) is 8.56. The minimum Gasteiger partial charge on any atom is -0.497 e. The normalized spacial score (nSPS) is 24.0. The van der Waals surface area contributed by atoms with Crippen molar-refractivity contribution >= 4 is 17.8 Å². The predicted octanol–water partition coefficient (Wildman–Crippen LogP) is 4.03. The third kappa shape index (κ3) is 5.49. The van der Waals surface area contributed by atoms with Crippen LogP contribution in [0.25, 0.3) is 11.1 Å². The van der Waals surface area contributed by atoms with Crippen LogP contribution in [0, 0.1) is 5.92 Å². The van der Waals surface area contributed by atoms with E-state index in [4.69, 9.17) is 20.4 Å². The molecule has 10 heteroatoms. The number of hydrogen-bond acceptors (Lipinski definition) is 5. The molecule has 0 radical (unpaired) electrons. The number of ether oxygens (including phenoxy) is 1. The van der Waals surface area contributed by atoms with E-state index in [-0.39, 0.29) is 5.91 Å². The predicted molar refractivity (Wildman–Crippen MR) is 120 cm³/mol. The van der Waals surface area contributed by atoms with Gasteiger partial charge in [-0.3, -0.25) is 9.69 Å². The molecule has 182 valence electrons. The number of carbonyl (C=O) groups excluding carboxylic acids is 1. The lowest BCUT2D eigenvalue weighted by Crippen LogP contribution is -2.49. The molecule has 3 N–H and O–H groups in total. The van der Waals surface area contributed by atoms with Gasteiger partial charge in [-0.05, 0) is 54.0 Å². The smallest absolute Gasteiger partial charge is 0.490 e. The van der Waals surface area contributed by atoms with Gasteiger partial charge in [-0.15, -0.1) is 0 Å². The average Bonchev–Trinajstić information content (AvgIpc) is 3.59. The van der Waals surface area contributed by atoms with Crippen molar-refractivity contribution < 1.29 is 32.6 Å². The van der Waals surface area contributed by atoms with E-state index in [1.807, 2.05) is 12.1 Å². The lowest BCUT2D eigenvalue weighted by atomic mass is 9.87. The van der Waals surface area contributed by atoms with Crippen molar-refractivity contribution in [3.05, 3.63) is 54.1 Å². The maximum Gasteiger partial charge on any atom is 0.490 e. The zero-order chi connectivity index (χ0) is 25.3. The van der Waals surface area contributed by atoms with E-state index in [9.17, 15) is 18.0 Å². The van der Waals surface area contributed by atoms with Crippen molar-refractivity contribution in [1.82, 2.24) is 4.90 Å². The van der Waals surface area contributed by atoms with Crippen LogP contribution in [0.2, 0.25) is 0 Å². The number of benzene rings is 2. The summed E-state index contributed by atoms with van der Waals surface area (Å²) in [5, 5.41) is 7.12. The van der Waals surface area contributed by atoms with Gasteiger partial charge in [0.1, 0.15) is 5.75 Å². The number of carboxylic acid groups (broad SMARTS) is 1. The first-order chi connectivity index (χ1) is 15.9. The maximum atomic E-state index is 12.2. The van der Waals surface area contributed by atoms with Gasteiger partial charge >= 0.3 is 12.1 Å². The molecule has 1 aliphatic heterocycles. The van der Waals surface area contributed by atoms with Crippen molar-refractivity contribution in [2.75, 3.05) is 14.2 Å². The number of aliphatic imine (C=N–C) groups is 1. The summed E-state index contributed by atoms with van der Waals surface area (Å²) in [5.74, 6) is -0.769. The summed E-state index contributed by atoms with van der Waals surface area (Å²) in [5.41, 5.74) is 9.21. The molecule has 1 aliphatic carbocycles. The minimum absolute atomic E-state index is 0.0441. The second kappa shape index (κ2) is 9.36. The standard InChI is InChI=1S/C22H25N3O2.C2HF3O2/c1-22(13-20(26)25(2)21(23)24-22)19-12-18(19)16-6-4-5-15(11-16)14-7-9-17(27-3)10-8-14;3-2(4,5)1(6)7/h4-11,18-19H,12-13H2,1-3H3,(H2,23,24);(H,6,7)/t18-,19+,22-;/m0./s1. The van der Waals surface area contributed by atoms with Crippen LogP contribution in [0.4, 0.5) is 13.2 Å². The van der Waals surface area contributed by atoms with E-state index in [1.54, 1.807) is 14.2 Å². The molecule has 0 spiro atoms. The Kier molecular flexibility index (Phi) is 6.90.